The monoisotopic (exact) mass is 295 g/mol. The van der Waals surface area contributed by atoms with Crippen LogP contribution in [0.1, 0.15) is 36.5 Å². The number of rotatable bonds is 9. The van der Waals surface area contributed by atoms with E-state index in [1.54, 1.807) is 0 Å². The first-order valence-electron chi connectivity index (χ1n) is 6.54. The van der Waals surface area contributed by atoms with Gasteiger partial charge in [-0.25, -0.2) is 0 Å². The topological polar surface area (TPSA) is 95.7 Å². The number of nitro benzene ring substituents is 1. The maximum Gasteiger partial charge on any atom is 0.302 e. The molecule has 0 unspecified atom stereocenters. The van der Waals surface area contributed by atoms with Crippen molar-refractivity contribution in [1.29, 1.82) is 0 Å². The average molecular weight is 295 g/mol. The number of carbonyl (C=O) groups excluding carboxylic acids is 2. The molecule has 0 bridgehead atoms. The van der Waals surface area contributed by atoms with Crippen LogP contribution in [-0.4, -0.2) is 30.4 Å². The lowest BCUT2D eigenvalue weighted by Crippen LogP contribution is -2.02. The number of hydrogen-bond donors (Lipinski definition) is 0. The second-order valence-corrected chi connectivity index (χ2v) is 4.34. The van der Waals surface area contributed by atoms with E-state index in [4.69, 9.17) is 9.47 Å². The predicted octanol–water partition coefficient (Wildman–Crippen LogP) is 2.52. The van der Waals surface area contributed by atoms with E-state index in [0.717, 1.165) is 19.3 Å². The lowest BCUT2D eigenvalue weighted by atomic mass is 10.2. The van der Waals surface area contributed by atoms with Crippen molar-refractivity contribution < 1.29 is 24.0 Å². The molecular weight excluding hydrogens is 278 g/mol. The van der Waals surface area contributed by atoms with E-state index in [0.29, 0.717) is 25.2 Å². The molecule has 0 radical (unpaired) electrons. The van der Waals surface area contributed by atoms with Gasteiger partial charge in [0.15, 0.2) is 6.29 Å². The second-order valence-electron chi connectivity index (χ2n) is 4.34. The number of ether oxygens (including phenoxy) is 2. The largest absolute Gasteiger partial charge is 0.494 e. The number of hydrogen-bond acceptors (Lipinski definition) is 6. The SMILES string of the molecule is CC(=O)OCCCCCOc1ccc([N+](=O)[O-])c(C=O)c1. The molecule has 21 heavy (non-hydrogen) atoms. The normalized spacial score (nSPS) is 9.95. The number of aldehydes is 1. The van der Waals surface area contributed by atoms with E-state index in [9.17, 15) is 19.7 Å². The van der Waals surface area contributed by atoms with Gasteiger partial charge in [0.05, 0.1) is 23.7 Å². The number of unbranched alkanes of at least 4 members (excludes halogenated alkanes) is 2. The van der Waals surface area contributed by atoms with Crippen LogP contribution in [0.2, 0.25) is 0 Å². The van der Waals surface area contributed by atoms with Crippen molar-refractivity contribution in [2.24, 2.45) is 0 Å². The summed E-state index contributed by atoms with van der Waals surface area (Å²) in [7, 11) is 0. The molecule has 0 aromatic heterocycles. The maximum absolute atomic E-state index is 10.8. The van der Waals surface area contributed by atoms with Gasteiger partial charge in [-0.05, 0) is 31.4 Å². The molecule has 0 saturated carbocycles. The van der Waals surface area contributed by atoms with Gasteiger partial charge in [-0.2, -0.15) is 0 Å². The Kier molecular flexibility index (Phi) is 6.86. The van der Waals surface area contributed by atoms with E-state index < -0.39 is 4.92 Å². The zero-order valence-electron chi connectivity index (χ0n) is 11.7. The van der Waals surface area contributed by atoms with Crippen molar-refractivity contribution in [2.45, 2.75) is 26.2 Å². The third-order valence-corrected chi connectivity index (χ3v) is 2.69. The standard InChI is InChI=1S/C14H17NO6/c1-11(17)20-7-3-2-4-8-21-13-5-6-14(15(18)19)12(9-13)10-16/h5-6,9-10H,2-4,7-8H2,1H3. The molecule has 0 spiro atoms. The van der Waals surface area contributed by atoms with E-state index in [-0.39, 0.29) is 17.2 Å². The van der Waals surface area contributed by atoms with Crippen molar-refractivity contribution in [3.05, 3.63) is 33.9 Å². The molecule has 0 aliphatic rings. The smallest absolute Gasteiger partial charge is 0.302 e. The summed E-state index contributed by atoms with van der Waals surface area (Å²) in [5.41, 5.74) is -0.244. The predicted molar refractivity (Wildman–Crippen MR) is 74.5 cm³/mol. The zero-order valence-corrected chi connectivity index (χ0v) is 11.7. The molecular formula is C14H17NO6. The Morgan fingerprint density at radius 3 is 2.62 bits per heavy atom. The van der Waals surface area contributed by atoms with Crippen LogP contribution in [-0.2, 0) is 9.53 Å². The van der Waals surface area contributed by atoms with Gasteiger partial charge >= 0.3 is 5.97 Å². The molecule has 7 heteroatoms. The van der Waals surface area contributed by atoms with Crippen LogP contribution < -0.4 is 4.74 Å². The highest BCUT2D eigenvalue weighted by Crippen LogP contribution is 2.22. The van der Waals surface area contributed by atoms with E-state index >= 15 is 0 Å². The third-order valence-electron chi connectivity index (χ3n) is 2.69. The Morgan fingerprint density at radius 2 is 2.00 bits per heavy atom. The van der Waals surface area contributed by atoms with Crippen LogP contribution in [0.4, 0.5) is 5.69 Å². The highest BCUT2D eigenvalue weighted by atomic mass is 16.6. The molecule has 7 nitrogen and oxygen atoms in total. The molecule has 0 fully saturated rings. The fourth-order valence-electron chi connectivity index (χ4n) is 1.67. The number of nitro groups is 1. The van der Waals surface area contributed by atoms with Crippen molar-refractivity contribution >= 4 is 17.9 Å². The van der Waals surface area contributed by atoms with E-state index in [1.807, 2.05) is 0 Å². The lowest BCUT2D eigenvalue weighted by Gasteiger charge is -2.07. The lowest BCUT2D eigenvalue weighted by molar-refractivity contribution is -0.385. The van der Waals surface area contributed by atoms with Crippen LogP contribution in [0.15, 0.2) is 18.2 Å². The molecule has 0 aliphatic carbocycles. The first-order chi connectivity index (χ1) is 10.0. The van der Waals surface area contributed by atoms with Crippen LogP contribution in [0.25, 0.3) is 0 Å². The Hall–Kier alpha value is -2.44. The van der Waals surface area contributed by atoms with Gasteiger partial charge in [0.25, 0.3) is 5.69 Å². The first kappa shape index (κ1) is 16.6. The van der Waals surface area contributed by atoms with Crippen LogP contribution in [0.5, 0.6) is 5.75 Å². The minimum absolute atomic E-state index is 0.00708. The Labute approximate surface area is 122 Å². The van der Waals surface area contributed by atoms with Gasteiger partial charge < -0.3 is 9.47 Å². The number of nitrogens with zero attached hydrogens (tertiary/aromatic N) is 1. The Morgan fingerprint density at radius 1 is 1.29 bits per heavy atom. The van der Waals surface area contributed by atoms with Crippen molar-refractivity contribution in [3.8, 4) is 5.75 Å². The fourth-order valence-corrected chi connectivity index (χ4v) is 1.67. The van der Waals surface area contributed by atoms with Gasteiger partial charge in [-0.3, -0.25) is 19.7 Å². The van der Waals surface area contributed by atoms with Gasteiger partial charge in [-0.15, -0.1) is 0 Å². The van der Waals surface area contributed by atoms with Crippen molar-refractivity contribution in [3.63, 3.8) is 0 Å². The zero-order chi connectivity index (χ0) is 15.7. The van der Waals surface area contributed by atoms with Gasteiger partial charge in [0.2, 0.25) is 0 Å². The average Bonchev–Trinajstić information content (AvgIpc) is 2.45. The summed E-state index contributed by atoms with van der Waals surface area (Å²) in [5, 5.41) is 10.7. The highest BCUT2D eigenvalue weighted by Gasteiger charge is 2.13. The molecule has 0 saturated heterocycles. The number of esters is 1. The number of benzene rings is 1. The minimum atomic E-state index is -0.609. The summed E-state index contributed by atoms with van der Waals surface area (Å²) in [6.45, 7) is 2.18. The molecule has 1 rings (SSSR count). The molecule has 0 heterocycles. The van der Waals surface area contributed by atoms with Gasteiger partial charge in [0.1, 0.15) is 5.75 Å². The second kappa shape index (κ2) is 8.68. The maximum atomic E-state index is 10.8. The molecule has 1 aromatic rings. The molecule has 1 aromatic carbocycles. The molecule has 0 amide bonds. The molecule has 0 N–H and O–H groups in total. The van der Waals surface area contributed by atoms with Gasteiger partial charge in [-0.1, -0.05) is 0 Å². The minimum Gasteiger partial charge on any atom is -0.494 e. The van der Waals surface area contributed by atoms with Crippen LogP contribution >= 0.6 is 0 Å². The van der Waals surface area contributed by atoms with Crippen LogP contribution in [0, 0.1) is 10.1 Å². The number of carbonyl (C=O) groups is 2. The fraction of sp³-hybridized carbons (Fsp3) is 0.429. The van der Waals surface area contributed by atoms with Crippen molar-refractivity contribution in [2.75, 3.05) is 13.2 Å². The Balaban J connectivity index is 2.34. The quantitative estimate of drug-likeness (QED) is 0.228. The summed E-state index contributed by atoms with van der Waals surface area (Å²) in [4.78, 5) is 31.4. The summed E-state index contributed by atoms with van der Waals surface area (Å²) in [6, 6.07) is 4.06. The van der Waals surface area contributed by atoms with Crippen LogP contribution in [0.3, 0.4) is 0 Å². The summed E-state index contributed by atoms with van der Waals surface area (Å²) in [5.74, 6) is 0.126. The van der Waals surface area contributed by atoms with Crippen molar-refractivity contribution in [1.82, 2.24) is 0 Å². The van der Waals surface area contributed by atoms with E-state index in [2.05, 4.69) is 0 Å². The van der Waals surface area contributed by atoms with Gasteiger partial charge in [0, 0.05) is 13.0 Å². The highest BCUT2D eigenvalue weighted by molar-refractivity contribution is 5.82. The summed E-state index contributed by atoms with van der Waals surface area (Å²) >= 11 is 0. The Bertz CT molecular complexity index is 514. The van der Waals surface area contributed by atoms with E-state index in [1.165, 1.54) is 25.1 Å². The summed E-state index contributed by atoms with van der Waals surface area (Å²) < 4.78 is 10.2. The summed E-state index contributed by atoms with van der Waals surface area (Å²) in [6.07, 6.45) is 2.78. The molecule has 0 atom stereocenters. The first-order valence-corrected chi connectivity index (χ1v) is 6.54. The molecule has 0 aliphatic heterocycles. The third kappa shape index (κ3) is 6.03. The molecule has 114 valence electrons.